The van der Waals surface area contributed by atoms with Crippen LogP contribution in [0, 0.1) is 11.3 Å². The van der Waals surface area contributed by atoms with E-state index in [1.807, 2.05) is 6.07 Å². The zero-order valence-electron chi connectivity index (χ0n) is 8.49. The molecule has 17 heavy (non-hydrogen) atoms. The van der Waals surface area contributed by atoms with Gasteiger partial charge in [-0.25, -0.2) is 9.97 Å². The Kier molecular flexibility index (Phi) is 1.86. The average molecular weight is 223 g/mol. The zero-order valence-corrected chi connectivity index (χ0v) is 8.49. The Bertz CT molecular complexity index is 778. The lowest BCUT2D eigenvalue weighted by Crippen LogP contribution is -1.92. The van der Waals surface area contributed by atoms with Crippen molar-refractivity contribution in [3.63, 3.8) is 0 Å². The van der Waals surface area contributed by atoms with Gasteiger partial charge in [0.1, 0.15) is 11.6 Å². The highest BCUT2D eigenvalue weighted by molar-refractivity contribution is 6.02. The largest absolute Gasteiger partial charge is 0.493 e. The van der Waals surface area contributed by atoms with Gasteiger partial charge in [0.2, 0.25) is 5.88 Å². The van der Waals surface area contributed by atoms with E-state index >= 15 is 0 Å². The van der Waals surface area contributed by atoms with Crippen molar-refractivity contribution in [2.24, 2.45) is 0 Å². The number of pyridine rings is 2. The molecule has 0 saturated heterocycles. The molecule has 0 amide bonds. The van der Waals surface area contributed by atoms with Crippen LogP contribution in [-0.4, -0.2) is 25.3 Å². The molecular formula is C11H5N5O. The number of nitriles is 1. The second-order valence-electron chi connectivity index (χ2n) is 3.47. The van der Waals surface area contributed by atoms with Crippen molar-refractivity contribution in [1.29, 1.82) is 5.26 Å². The van der Waals surface area contributed by atoms with E-state index in [9.17, 15) is 5.11 Å². The van der Waals surface area contributed by atoms with Crippen molar-refractivity contribution in [1.82, 2.24) is 20.2 Å². The summed E-state index contributed by atoms with van der Waals surface area (Å²) in [6, 6.07) is 5.16. The maximum atomic E-state index is 9.37. The lowest BCUT2D eigenvalue weighted by molar-refractivity contribution is 0.454. The van der Waals surface area contributed by atoms with E-state index in [2.05, 4.69) is 20.2 Å². The third-order valence-electron chi connectivity index (χ3n) is 2.41. The van der Waals surface area contributed by atoms with Gasteiger partial charge in [-0.2, -0.15) is 5.26 Å². The molecule has 0 aliphatic carbocycles. The molecule has 0 unspecified atom stereocenters. The predicted molar refractivity (Wildman–Crippen MR) is 59.0 cm³/mol. The maximum absolute atomic E-state index is 9.37. The third kappa shape index (κ3) is 1.41. The monoisotopic (exact) mass is 223 g/mol. The van der Waals surface area contributed by atoms with E-state index < -0.39 is 0 Å². The quantitative estimate of drug-likeness (QED) is 0.574. The van der Waals surface area contributed by atoms with E-state index in [4.69, 9.17) is 5.26 Å². The molecule has 1 N–H and O–H groups in total. The number of nitrogens with zero attached hydrogens (tertiary/aromatic N) is 5. The van der Waals surface area contributed by atoms with Gasteiger partial charge in [0.05, 0.1) is 11.8 Å². The van der Waals surface area contributed by atoms with Gasteiger partial charge >= 0.3 is 0 Å². The molecule has 0 bridgehead atoms. The fourth-order valence-electron chi connectivity index (χ4n) is 1.63. The molecule has 0 aliphatic rings. The molecule has 6 heteroatoms. The molecule has 3 aromatic rings. The summed E-state index contributed by atoms with van der Waals surface area (Å²) in [6.07, 6.45) is 2.86. The minimum atomic E-state index is -0.103. The molecule has 6 nitrogen and oxygen atoms in total. The van der Waals surface area contributed by atoms with Gasteiger partial charge in [0, 0.05) is 23.0 Å². The number of fused-ring (bicyclic) bond motifs is 3. The molecule has 80 valence electrons. The van der Waals surface area contributed by atoms with Gasteiger partial charge in [-0.05, 0) is 6.07 Å². The molecule has 0 aliphatic heterocycles. The summed E-state index contributed by atoms with van der Waals surface area (Å²) in [7, 11) is 0. The summed E-state index contributed by atoms with van der Waals surface area (Å²) in [6.45, 7) is 0. The van der Waals surface area contributed by atoms with Gasteiger partial charge in [-0.15, -0.1) is 10.2 Å². The Morgan fingerprint density at radius 2 is 1.94 bits per heavy atom. The Hall–Kier alpha value is -2.81. The molecule has 3 aromatic heterocycles. The SMILES string of the molecule is N#Cc1cnc2nnc3cnc(O)cc3c2c1. The second-order valence-corrected chi connectivity index (χ2v) is 3.47. The molecule has 0 atom stereocenters. The van der Waals surface area contributed by atoms with Crippen LogP contribution in [-0.2, 0) is 0 Å². The molecule has 0 spiro atoms. The molecule has 0 saturated carbocycles. The van der Waals surface area contributed by atoms with Crippen molar-refractivity contribution in [2.75, 3.05) is 0 Å². The van der Waals surface area contributed by atoms with Crippen LogP contribution in [0.5, 0.6) is 5.88 Å². The number of aromatic nitrogens is 4. The van der Waals surface area contributed by atoms with E-state index in [0.717, 1.165) is 0 Å². The van der Waals surface area contributed by atoms with Crippen LogP contribution in [0.1, 0.15) is 5.56 Å². The molecule has 0 fully saturated rings. The Labute approximate surface area is 95.2 Å². The first-order valence-corrected chi connectivity index (χ1v) is 4.79. The molecule has 0 radical (unpaired) electrons. The van der Waals surface area contributed by atoms with Crippen molar-refractivity contribution in [3.8, 4) is 11.9 Å². The van der Waals surface area contributed by atoms with E-state index in [1.54, 1.807) is 6.07 Å². The van der Waals surface area contributed by atoms with Crippen molar-refractivity contribution < 1.29 is 5.11 Å². The van der Waals surface area contributed by atoms with E-state index in [0.29, 0.717) is 27.5 Å². The fourth-order valence-corrected chi connectivity index (χ4v) is 1.63. The third-order valence-corrected chi connectivity index (χ3v) is 2.41. The summed E-state index contributed by atoms with van der Waals surface area (Å²) in [4.78, 5) is 7.76. The van der Waals surface area contributed by atoms with Gasteiger partial charge < -0.3 is 5.11 Å². The lowest BCUT2D eigenvalue weighted by atomic mass is 10.1. The minimum Gasteiger partial charge on any atom is -0.493 e. The average Bonchev–Trinajstić information content (AvgIpc) is 2.38. The highest BCUT2D eigenvalue weighted by Crippen LogP contribution is 2.23. The highest BCUT2D eigenvalue weighted by atomic mass is 16.3. The van der Waals surface area contributed by atoms with Crippen LogP contribution in [0.3, 0.4) is 0 Å². The smallest absolute Gasteiger partial charge is 0.211 e. The minimum absolute atomic E-state index is 0.103. The first kappa shape index (κ1) is 9.42. The molecular weight excluding hydrogens is 218 g/mol. The molecule has 3 heterocycles. The topological polar surface area (TPSA) is 95.6 Å². The number of aromatic hydroxyl groups is 1. The maximum Gasteiger partial charge on any atom is 0.211 e. The molecule has 3 rings (SSSR count). The lowest BCUT2D eigenvalue weighted by Gasteiger charge is -2.01. The van der Waals surface area contributed by atoms with Crippen LogP contribution in [0.4, 0.5) is 0 Å². The Morgan fingerprint density at radius 1 is 1.06 bits per heavy atom. The van der Waals surface area contributed by atoms with Crippen molar-refractivity contribution in [3.05, 3.63) is 30.1 Å². The summed E-state index contributed by atoms with van der Waals surface area (Å²) >= 11 is 0. The van der Waals surface area contributed by atoms with Crippen molar-refractivity contribution in [2.45, 2.75) is 0 Å². The first-order chi connectivity index (χ1) is 8.28. The Balaban J connectivity index is 2.52. The van der Waals surface area contributed by atoms with Gasteiger partial charge in [0.25, 0.3) is 0 Å². The van der Waals surface area contributed by atoms with Gasteiger partial charge in [-0.1, -0.05) is 0 Å². The van der Waals surface area contributed by atoms with Crippen LogP contribution in [0.2, 0.25) is 0 Å². The Morgan fingerprint density at radius 3 is 2.76 bits per heavy atom. The van der Waals surface area contributed by atoms with Crippen molar-refractivity contribution >= 4 is 21.9 Å². The second kappa shape index (κ2) is 3.35. The summed E-state index contributed by atoms with van der Waals surface area (Å²) in [5.74, 6) is -0.103. The summed E-state index contributed by atoms with van der Waals surface area (Å²) in [5, 5.41) is 27.4. The van der Waals surface area contributed by atoms with E-state index in [-0.39, 0.29) is 5.88 Å². The fraction of sp³-hybridized carbons (Fsp3) is 0. The van der Waals surface area contributed by atoms with Crippen LogP contribution >= 0.6 is 0 Å². The number of hydrogen-bond acceptors (Lipinski definition) is 6. The predicted octanol–water partition coefficient (Wildman–Crippen LogP) is 1.15. The summed E-state index contributed by atoms with van der Waals surface area (Å²) < 4.78 is 0. The number of hydrogen-bond donors (Lipinski definition) is 1. The zero-order chi connectivity index (χ0) is 11.8. The van der Waals surface area contributed by atoms with Crippen LogP contribution < -0.4 is 0 Å². The highest BCUT2D eigenvalue weighted by Gasteiger charge is 2.06. The van der Waals surface area contributed by atoms with Crippen LogP contribution in [0.25, 0.3) is 21.9 Å². The van der Waals surface area contributed by atoms with Gasteiger partial charge in [0.15, 0.2) is 5.65 Å². The first-order valence-electron chi connectivity index (χ1n) is 4.79. The van der Waals surface area contributed by atoms with Crippen LogP contribution in [0.15, 0.2) is 24.5 Å². The number of rotatable bonds is 0. The summed E-state index contributed by atoms with van der Waals surface area (Å²) in [5.41, 5.74) is 1.41. The standard InChI is InChI=1S/C11H5N5O/c12-3-6-1-8-7-2-10(17)13-5-9(7)15-16-11(8)14-4-6/h1-2,4-5H,(H,13,17). The van der Waals surface area contributed by atoms with E-state index in [1.165, 1.54) is 18.5 Å². The van der Waals surface area contributed by atoms with Gasteiger partial charge in [-0.3, -0.25) is 0 Å². The molecule has 0 aromatic carbocycles. The normalized spacial score (nSPS) is 10.5.